The highest BCUT2D eigenvalue weighted by Gasteiger charge is 2.06. The van der Waals surface area contributed by atoms with Gasteiger partial charge in [-0.15, -0.1) is 0 Å². The number of non-ortho nitro benzene ring substituents is 1. The Morgan fingerprint density at radius 1 is 1.31 bits per heavy atom. The van der Waals surface area contributed by atoms with E-state index in [-0.39, 0.29) is 5.69 Å². The molecule has 0 bridgehead atoms. The summed E-state index contributed by atoms with van der Waals surface area (Å²) in [6.45, 7) is 0. The van der Waals surface area contributed by atoms with Gasteiger partial charge in [0.1, 0.15) is 0 Å². The van der Waals surface area contributed by atoms with Crippen molar-refractivity contribution >= 4 is 17.5 Å². The summed E-state index contributed by atoms with van der Waals surface area (Å²) >= 11 is 0. The van der Waals surface area contributed by atoms with Crippen LogP contribution in [0.2, 0.25) is 0 Å². The largest absolute Gasteiger partial charge is 0.383 e. The number of nitro benzene ring substituents is 1. The van der Waals surface area contributed by atoms with E-state index in [4.69, 9.17) is 0 Å². The fraction of sp³-hybridized carbons (Fsp3) is 0.182. The Kier molecular flexibility index (Phi) is 3.77. The van der Waals surface area contributed by atoms with Crippen LogP contribution in [0.4, 0.5) is 5.69 Å². The SMILES string of the molecule is CN(C)/C=C(\C=O)c1ccc([N+](=O)[O-])cc1. The topological polar surface area (TPSA) is 63.5 Å². The molecule has 0 unspecified atom stereocenters. The van der Waals surface area contributed by atoms with Crippen LogP contribution >= 0.6 is 0 Å². The molecule has 0 saturated heterocycles. The van der Waals surface area contributed by atoms with Gasteiger partial charge in [-0.25, -0.2) is 0 Å². The van der Waals surface area contributed by atoms with Gasteiger partial charge in [-0.3, -0.25) is 14.9 Å². The van der Waals surface area contributed by atoms with E-state index in [1.165, 1.54) is 12.1 Å². The Bertz CT molecular complexity index is 421. The summed E-state index contributed by atoms with van der Waals surface area (Å²) in [5.74, 6) is 0. The highest BCUT2D eigenvalue weighted by Crippen LogP contribution is 2.17. The standard InChI is InChI=1S/C11H12N2O3/c1-12(2)7-10(8-14)9-3-5-11(6-4-9)13(15)16/h3-8H,1-2H3/b10-7+. The summed E-state index contributed by atoms with van der Waals surface area (Å²) < 4.78 is 0. The third-order valence-corrected chi connectivity index (χ3v) is 1.94. The Hall–Kier alpha value is -2.17. The third kappa shape index (κ3) is 2.91. The zero-order chi connectivity index (χ0) is 12.1. The molecule has 0 aliphatic heterocycles. The van der Waals surface area contributed by atoms with Crippen LogP contribution in [0, 0.1) is 10.1 Å². The third-order valence-electron chi connectivity index (χ3n) is 1.94. The summed E-state index contributed by atoms with van der Waals surface area (Å²) in [5, 5.41) is 10.4. The van der Waals surface area contributed by atoms with Gasteiger partial charge >= 0.3 is 0 Å². The quantitative estimate of drug-likeness (QED) is 0.335. The fourth-order valence-electron chi connectivity index (χ4n) is 1.23. The van der Waals surface area contributed by atoms with Gasteiger partial charge in [0, 0.05) is 38.0 Å². The molecule has 0 amide bonds. The number of carbonyl (C=O) groups excluding carboxylic acids is 1. The van der Waals surface area contributed by atoms with Crippen LogP contribution in [0.3, 0.4) is 0 Å². The van der Waals surface area contributed by atoms with E-state index >= 15 is 0 Å². The van der Waals surface area contributed by atoms with E-state index < -0.39 is 4.92 Å². The molecule has 5 nitrogen and oxygen atoms in total. The lowest BCUT2D eigenvalue weighted by Gasteiger charge is -2.07. The first-order chi connectivity index (χ1) is 7.54. The maximum Gasteiger partial charge on any atom is 0.269 e. The number of carbonyl (C=O) groups is 1. The van der Waals surface area contributed by atoms with E-state index in [9.17, 15) is 14.9 Å². The molecule has 0 atom stereocenters. The van der Waals surface area contributed by atoms with Crippen molar-refractivity contribution in [2.24, 2.45) is 0 Å². The smallest absolute Gasteiger partial charge is 0.269 e. The number of benzene rings is 1. The lowest BCUT2D eigenvalue weighted by Crippen LogP contribution is -2.03. The first-order valence-corrected chi connectivity index (χ1v) is 4.63. The molecule has 1 rings (SSSR count). The lowest BCUT2D eigenvalue weighted by molar-refractivity contribution is -0.384. The van der Waals surface area contributed by atoms with Crippen molar-refractivity contribution in [3.8, 4) is 0 Å². The molecule has 5 heteroatoms. The van der Waals surface area contributed by atoms with Crippen molar-refractivity contribution < 1.29 is 9.72 Å². The highest BCUT2D eigenvalue weighted by molar-refractivity contribution is 6.06. The number of hydrogen-bond donors (Lipinski definition) is 0. The van der Waals surface area contributed by atoms with Crippen molar-refractivity contribution in [1.29, 1.82) is 0 Å². The summed E-state index contributed by atoms with van der Waals surface area (Å²) in [6, 6.07) is 5.87. The van der Waals surface area contributed by atoms with Gasteiger partial charge in [0.15, 0.2) is 6.29 Å². The summed E-state index contributed by atoms with van der Waals surface area (Å²) in [4.78, 5) is 22.5. The van der Waals surface area contributed by atoms with Crippen molar-refractivity contribution in [3.63, 3.8) is 0 Å². The van der Waals surface area contributed by atoms with Gasteiger partial charge in [-0.2, -0.15) is 0 Å². The number of nitro groups is 1. The molecule has 0 aliphatic carbocycles. The van der Waals surface area contributed by atoms with Crippen LogP contribution < -0.4 is 0 Å². The van der Waals surface area contributed by atoms with Gasteiger partial charge in [0.25, 0.3) is 5.69 Å². The second-order valence-corrected chi connectivity index (χ2v) is 3.47. The average molecular weight is 220 g/mol. The minimum Gasteiger partial charge on any atom is -0.383 e. The molecule has 0 aromatic heterocycles. The second-order valence-electron chi connectivity index (χ2n) is 3.47. The van der Waals surface area contributed by atoms with Gasteiger partial charge < -0.3 is 4.90 Å². The zero-order valence-electron chi connectivity index (χ0n) is 9.08. The molecule has 1 aromatic carbocycles. The molecule has 0 heterocycles. The molecule has 0 fully saturated rings. The van der Waals surface area contributed by atoms with Crippen LogP contribution in [0.25, 0.3) is 5.57 Å². The van der Waals surface area contributed by atoms with Crippen molar-refractivity contribution in [2.75, 3.05) is 14.1 Å². The van der Waals surface area contributed by atoms with Crippen LogP contribution in [-0.2, 0) is 4.79 Å². The molecule has 0 spiro atoms. The van der Waals surface area contributed by atoms with E-state index in [1.54, 1.807) is 37.3 Å². The normalized spacial score (nSPS) is 11.0. The molecule has 0 radical (unpaired) electrons. The molecule has 0 aliphatic rings. The van der Waals surface area contributed by atoms with Crippen LogP contribution in [0.15, 0.2) is 30.5 Å². The molecule has 1 aromatic rings. The molecule has 16 heavy (non-hydrogen) atoms. The average Bonchev–Trinajstić information content (AvgIpc) is 2.25. The predicted molar refractivity (Wildman–Crippen MR) is 60.8 cm³/mol. The Balaban J connectivity index is 3.04. The number of nitrogens with zero attached hydrogens (tertiary/aromatic N) is 2. The fourth-order valence-corrected chi connectivity index (χ4v) is 1.23. The van der Waals surface area contributed by atoms with Crippen molar-refractivity contribution in [1.82, 2.24) is 4.90 Å². The van der Waals surface area contributed by atoms with Gasteiger partial charge in [0.2, 0.25) is 0 Å². The number of allylic oxidation sites excluding steroid dienone is 1. The van der Waals surface area contributed by atoms with Crippen molar-refractivity contribution in [2.45, 2.75) is 0 Å². The van der Waals surface area contributed by atoms with Gasteiger partial charge in [0.05, 0.1) is 4.92 Å². The monoisotopic (exact) mass is 220 g/mol. The van der Waals surface area contributed by atoms with Gasteiger partial charge in [-0.05, 0) is 17.7 Å². The first-order valence-electron chi connectivity index (χ1n) is 4.63. The van der Waals surface area contributed by atoms with E-state index in [2.05, 4.69) is 0 Å². The highest BCUT2D eigenvalue weighted by atomic mass is 16.6. The Morgan fingerprint density at radius 3 is 2.25 bits per heavy atom. The lowest BCUT2D eigenvalue weighted by atomic mass is 10.1. The minimum absolute atomic E-state index is 0.0128. The molecular weight excluding hydrogens is 208 g/mol. The first kappa shape index (κ1) is 11.9. The summed E-state index contributed by atoms with van der Waals surface area (Å²) in [6.07, 6.45) is 2.38. The van der Waals surface area contributed by atoms with Crippen molar-refractivity contribution in [3.05, 3.63) is 46.1 Å². The molecule has 84 valence electrons. The molecule has 0 N–H and O–H groups in total. The number of aldehydes is 1. The van der Waals surface area contributed by atoms with E-state index in [1.807, 2.05) is 0 Å². The Morgan fingerprint density at radius 2 is 1.88 bits per heavy atom. The minimum atomic E-state index is -0.472. The number of hydrogen-bond acceptors (Lipinski definition) is 4. The maximum absolute atomic E-state index is 10.8. The summed E-state index contributed by atoms with van der Waals surface area (Å²) in [5.41, 5.74) is 1.16. The molecule has 0 saturated carbocycles. The predicted octanol–water partition coefficient (Wildman–Crippen LogP) is 1.70. The molecular formula is C11H12N2O3. The van der Waals surface area contributed by atoms with Crippen LogP contribution in [-0.4, -0.2) is 30.2 Å². The van der Waals surface area contributed by atoms with Crippen LogP contribution in [0.1, 0.15) is 5.56 Å². The second kappa shape index (κ2) is 5.06. The zero-order valence-corrected chi connectivity index (χ0v) is 9.08. The number of rotatable bonds is 4. The Labute approximate surface area is 93.1 Å². The van der Waals surface area contributed by atoms with Gasteiger partial charge in [-0.1, -0.05) is 0 Å². The van der Waals surface area contributed by atoms with Crippen LogP contribution in [0.5, 0.6) is 0 Å². The van der Waals surface area contributed by atoms with E-state index in [0.717, 1.165) is 6.29 Å². The van der Waals surface area contributed by atoms with E-state index in [0.29, 0.717) is 11.1 Å². The summed E-state index contributed by atoms with van der Waals surface area (Å²) in [7, 11) is 3.60. The maximum atomic E-state index is 10.8.